The van der Waals surface area contributed by atoms with Gasteiger partial charge in [-0.25, -0.2) is 8.42 Å². The van der Waals surface area contributed by atoms with Crippen molar-refractivity contribution in [2.75, 3.05) is 11.5 Å². The van der Waals surface area contributed by atoms with E-state index < -0.39 is 21.6 Å². The lowest BCUT2D eigenvalue weighted by atomic mass is 10.3. The second-order valence-corrected chi connectivity index (χ2v) is 5.73. The number of aliphatic carboxylic acids is 1. The number of carboxylic acids is 1. The van der Waals surface area contributed by atoms with E-state index in [1.54, 1.807) is 0 Å². The van der Waals surface area contributed by atoms with E-state index in [4.69, 9.17) is 34.0 Å². The van der Waals surface area contributed by atoms with Crippen LogP contribution in [0.25, 0.3) is 0 Å². The summed E-state index contributed by atoms with van der Waals surface area (Å²) in [4.78, 5) is 10.0. The van der Waals surface area contributed by atoms with Crippen LogP contribution < -0.4 is 5.73 Å². The van der Waals surface area contributed by atoms with Crippen LogP contribution >= 0.6 is 23.2 Å². The molecule has 0 aliphatic rings. The van der Waals surface area contributed by atoms with Crippen LogP contribution in [0.1, 0.15) is 0 Å². The highest BCUT2D eigenvalue weighted by atomic mass is 35.5. The van der Waals surface area contributed by atoms with Gasteiger partial charge >= 0.3 is 5.97 Å². The molecule has 0 saturated carbocycles. The van der Waals surface area contributed by atoms with Gasteiger partial charge in [-0.1, -0.05) is 23.2 Å². The Kier molecular flexibility index (Phi) is 3.67. The Balaban J connectivity index is 3.34. The summed E-state index contributed by atoms with van der Waals surface area (Å²) in [5.74, 6) is -2.52. The molecule has 0 atom stereocenters. The lowest BCUT2D eigenvalue weighted by Gasteiger charge is -2.06. The Morgan fingerprint density at radius 1 is 1.31 bits per heavy atom. The minimum Gasteiger partial charge on any atom is -0.480 e. The maximum Gasteiger partial charge on any atom is 0.319 e. The molecule has 5 nitrogen and oxygen atoms in total. The summed E-state index contributed by atoms with van der Waals surface area (Å²) in [6, 6.07) is 2.20. The third-order valence-corrected chi connectivity index (χ3v) is 4.09. The van der Waals surface area contributed by atoms with Gasteiger partial charge in [0.1, 0.15) is 0 Å². The standard InChI is InChI=1S/C8H7Cl2NO4S/c9-4-2-7(5(10)1-6(4)11)16(14,15)3-8(12)13/h1-2H,3,11H2,(H,12,13). The van der Waals surface area contributed by atoms with E-state index in [-0.39, 0.29) is 20.6 Å². The highest BCUT2D eigenvalue weighted by Crippen LogP contribution is 2.30. The molecule has 88 valence electrons. The van der Waals surface area contributed by atoms with E-state index in [1.165, 1.54) is 6.07 Å². The van der Waals surface area contributed by atoms with Gasteiger partial charge in [0.15, 0.2) is 15.6 Å². The van der Waals surface area contributed by atoms with Crippen LogP contribution in [0, 0.1) is 0 Å². The minimum absolute atomic E-state index is 0.00774. The fourth-order valence-corrected chi connectivity index (χ4v) is 2.91. The molecule has 0 heterocycles. The molecule has 16 heavy (non-hydrogen) atoms. The van der Waals surface area contributed by atoms with E-state index in [2.05, 4.69) is 0 Å². The first kappa shape index (κ1) is 13.1. The third-order valence-electron chi connectivity index (χ3n) is 1.70. The Hall–Kier alpha value is -0.980. The van der Waals surface area contributed by atoms with Gasteiger partial charge in [0.2, 0.25) is 0 Å². The van der Waals surface area contributed by atoms with Crippen LogP contribution in [0.3, 0.4) is 0 Å². The molecule has 0 radical (unpaired) electrons. The number of rotatable bonds is 3. The number of carboxylic acid groups (broad SMARTS) is 1. The maximum absolute atomic E-state index is 11.6. The van der Waals surface area contributed by atoms with Crippen molar-refractivity contribution in [2.45, 2.75) is 4.90 Å². The predicted octanol–water partition coefficient (Wildman–Crippen LogP) is 1.43. The average molecular weight is 284 g/mol. The Labute approximate surface area is 102 Å². The Morgan fingerprint density at radius 3 is 2.38 bits per heavy atom. The molecule has 0 spiro atoms. The number of nitrogens with two attached hydrogens (primary N) is 1. The zero-order valence-corrected chi connectivity index (χ0v) is 10.1. The van der Waals surface area contributed by atoms with Crippen molar-refractivity contribution in [3.05, 3.63) is 22.2 Å². The topological polar surface area (TPSA) is 97.5 Å². The second kappa shape index (κ2) is 4.48. The number of anilines is 1. The van der Waals surface area contributed by atoms with Crippen molar-refractivity contribution in [2.24, 2.45) is 0 Å². The fraction of sp³-hybridized carbons (Fsp3) is 0.125. The van der Waals surface area contributed by atoms with E-state index in [9.17, 15) is 13.2 Å². The molecule has 1 rings (SSSR count). The molecule has 0 bridgehead atoms. The van der Waals surface area contributed by atoms with Crippen molar-refractivity contribution in [3.63, 3.8) is 0 Å². The molecule has 0 aliphatic carbocycles. The first-order valence-corrected chi connectivity index (χ1v) is 6.34. The van der Waals surface area contributed by atoms with Crippen molar-refractivity contribution >= 4 is 44.7 Å². The van der Waals surface area contributed by atoms with Crippen LogP contribution in [0.4, 0.5) is 5.69 Å². The van der Waals surface area contributed by atoms with E-state index in [0.717, 1.165) is 6.07 Å². The normalized spacial score (nSPS) is 11.4. The molecule has 0 fully saturated rings. The van der Waals surface area contributed by atoms with Crippen molar-refractivity contribution in [1.82, 2.24) is 0 Å². The molecule has 0 amide bonds. The summed E-state index contributed by atoms with van der Waals surface area (Å²) >= 11 is 11.3. The van der Waals surface area contributed by atoms with Crippen LogP contribution in [0.2, 0.25) is 10.0 Å². The van der Waals surface area contributed by atoms with Crippen LogP contribution in [0.15, 0.2) is 17.0 Å². The van der Waals surface area contributed by atoms with E-state index >= 15 is 0 Å². The lowest BCUT2D eigenvalue weighted by molar-refractivity contribution is -0.134. The molecular formula is C8H7Cl2NO4S. The summed E-state index contributed by atoms with van der Waals surface area (Å²) in [7, 11) is -4.00. The molecule has 0 unspecified atom stereocenters. The zero-order valence-electron chi connectivity index (χ0n) is 7.78. The predicted molar refractivity (Wildman–Crippen MR) is 60.6 cm³/mol. The van der Waals surface area contributed by atoms with Gasteiger partial charge in [-0.2, -0.15) is 0 Å². The second-order valence-electron chi connectivity index (χ2n) is 2.96. The first-order chi connectivity index (χ1) is 7.24. The highest BCUT2D eigenvalue weighted by molar-refractivity contribution is 7.92. The molecule has 3 N–H and O–H groups in total. The Bertz CT molecular complexity index is 541. The summed E-state index contributed by atoms with van der Waals surface area (Å²) in [5, 5.41) is 8.30. The van der Waals surface area contributed by atoms with Gasteiger partial charge in [0.25, 0.3) is 0 Å². The quantitative estimate of drug-likeness (QED) is 0.818. The number of benzene rings is 1. The maximum atomic E-state index is 11.6. The Morgan fingerprint density at radius 2 is 1.88 bits per heavy atom. The lowest BCUT2D eigenvalue weighted by Crippen LogP contribution is -2.15. The van der Waals surface area contributed by atoms with Crippen LogP contribution in [-0.2, 0) is 14.6 Å². The summed E-state index contributed by atoms with van der Waals surface area (Å²) in [6.45, 7) is 0. The smallest absolute Gasteiger partial charge is 0.319 e. The van der Waals surface area contributed by atoms with Gasteiger partial charge in [-0.05, 0) is 12.1 Å². The van der Waals surface area contributed by atoms with Gasteiger partial charge in [-0.15, -0.1) is 0 Å². The monoisotopic (exact) mass is 283 g/mol. The van der Waals surface area contributed by atoms with Gasteiger partial charge < -0.3 is 10.8 Å². The van der Waals surface area contributed by atoms with E-state index in [1.807, 2.05) is 0 Å². The largest absolute Gasteiger partial charge is 0.480 e. The highest BCUT2D eigenvalue weighted by Gasteiger charge is 2.22. The van der Waals surface area contributed by atoms with Gasteiger partial charge in [0.05, 0.1) is 20.6 Å². The molecule has 8 heteroatoms. The summed E-state index contributed by atoms with van der Waals surface area (Å²) < 4.78 is 23.1. The molecule has 1 aromatic rings. The fourth-order valence-electron chi connectivity index (χ4n) is 1.02. The number of hydrogen-bond acceptors (Lipinski definition) is 4. The van der Waals surface area contributed by atoms with Crippen LogP contribution in [0.5, 0.6) is 0 Å². The molecule has 0 aromatic heterocycles. The summed E-state index contributed by atoms with van der Waals surface area (Å²) in [5.41, 5.74) is 5.53. The molecule has 1 aromatic carbocycles. The van der Waals surface area contributed by atoms with Gasteiger partial charge in [0, 0.05) is 0 Å². The van der Waals surface area contributed by atoms with E-state index in [0.29, 0.717) is 0 Å². The molecular weight excluding hydrogens is 277 g/mol. The van der Waals surface area contributed by atoms with Gasteiger partial charge in [-0.3, -0.25) is 4.79 Å². The van der Waals surface area contributed by atoms with Crippen LogP contribution in [-0.4, -0.2) is 25.2 Å². The number of nitrogen functional groups attached to an aromatic ring is 1. The van der Waals surface area contributed by atoms with Crippen molar-refractivity contribution in [1.29, 1.82) is 0 Å². The first-order valence-electron chi connectivity index (χ1n) is 3.93. The minimum atomic E-state index is -4.00. The zero-order chi connectivity index (χ0) is 12.5. The number of carbonyl (C=O) groups is 1. The number of hydrogen-bond donors (Lipinski definition) is 2. The number of sulfone groups is 1. The molecule has 0 aliphatic heterocycles. The third kappa shape index (κ3) is 2.78. The van der Waals surface area contributed by atoms with Crippen molar-refractivity contribution < 1.29 is 18.3 Å². The SMILES string of the molecule is Nc1cc(Cl)c(S(=O)(=O)CC(=O)O)cc1Cl. The average Bonchev–Trinajstić information content (AvgIpc) is 2.08. The molecule has 0 saturated heterocycles. The summed E-state index contributed by atoms with van der Waals surface area (Å²) in [6.07, 6.45) is 0. The van der Waals surface area contributed by atoms with Crippen molar-refractivity contribution in [3.8, 4) is 0 Å². The number of halogens is 2.